The van der Waals surface area contributed by atoms with E-state index in [1.807, 2.05) is 0 Å². The third-order valence-electron chi connectivity index (χ3n) is 3.63. The lowest BCUT2D eigenvalue weighted by Crippen LogP contribution is -2.58. The highest BCUT2D eigenvalue weighted by Gasteiger charge is 2.46. The molecule has 0 aromatic rings. The molecule has 1 aliphatic rings. The fourth-order valence-corrected chi connectivity index (χ4v) is 3.46. The van der Waals surface area contributed by atoms with Crippen molar-refractivity contribution in [2.45, 2.75) is 50.6 Å². The SMILES string of the molecule is CCN(CC)CC.CS[C@@H]1O[C@H](CO)[C@H](O)[C@H](O)[C@H]1OS(=O)(=O)O. The summed E-state index contributed by atoms with van der Waals surface area (Å²) in [6, 6.07) is 0. The van der Waals surface area contributed by atoms with Crippen LogP contribution in [0.1, 0.15) is 20.8 Å². The summed E-state index contributed by atoms with van der Waals surface area (Å²) in [5.41, 5.74) is -0.938. The van der Waals surface area contributed by atoms with Crippen LogP contribution in [0.4, 0.5) is 0 Å². The molecule has 0 saturated carbocycles. The van der Waals surface area contributed by atoms with Gasteiger partial charge in [0.25, 0.3) is 0 Å². The summed E-state index contributed by atoms with van der Waals surface area (Å²) in [4.78, 5) is 2.38. The maximum atomic E-state index is 10.6. The monoisotopic (exact) mass is 391 g/mol. The molecule has 0 aromatic heterocycles. The third-order valence-corrected chi connectivity index (χ3v) is 4.94. The van der Waals surface area contributed by atoms with E-state index >= 15 is 0 Å². The van der Waals surface area contributed by atoms with Crippen molar-refractivity contribution in [1.82, 2.24) is 4.90 Å². The molecule has 0 aliphatic carbocycles. The molecule has 9 nitrogen and oxygen atoms in total. The van der Waals surface area contributed by atoms with Crippen LogP contribution in [0, 0.1) is 0 Å². The number of hydrogen-bond acceptors (Lipinski definition) is 9. The van der Waals surface area contributed by atoms with E-state index in [-0.39, 0.29) is 0 Å². The standard InChI is InChI=1S/C7H14O8S2.C6H15N/c1-16-7-6(15-17(11,12)13)5(10)4(9)3(2-8)14-7;1-4-7(5-2)6-3/h3-10H,2H2,1H3,(H,11,12,13);4-6H2,1-3H3/t3-,4+,5+,6-,7+;/m1./s1. The van der Waals surface area contributed by atoms with Crippen LogP contribution in [-0.4, -0.2) is 95.5 Å². The number of aliphatic hydroxyl groups excluding tert-OH is 3. The first-order valence-electron chi connectivity index (χ1n) is 7.68. The highest BCUT2D eigenvalue weighted by molar-refractivity contribution is 7.99. The van der Waals surface area contributed by atoms with Gasteiger partial charge in [-0.15, -0.1) is 11.8 Å². The predicted molar refractivity (Wildman–Crippen MR) is 91.2 cm³/mol. The summed E-state index contributed by atoms with van der Waals surface area (Å²) >= 11 is 1.01. The number of rotatable bonds is 7. The van der Waals surface area contributed by atoms with Crippen molar-refractivity contribution in [2.24, 2.45) is 0 Å². The molecule has 1 aliphatic heterocycles. The van der Waals surface area contributed by atoms with Crippen molar-refractivity contribution >= 4 is 22.2 Å². The number of aliphatic hydroxyl groups is 3. The van der Waals surface area contributed by atoms with Gasteiger partial charge in [0.1, 0.15) is 29.9 Å². The fourth-order valence-electron chi connectivity index (χ4n) is 2.16. The van der Waals surface area contributed by atoms with E-state index in [1.165, 1.54) is 19.6 Å². The second kappa shape index (κ2) is 11.6. The second-order valence-corrected chi connectivity index (χ2v) is 7.03. The lowest BCUT2D eigenvalue weighted by molar-refractivity contribution is -0.199. The Labute approximate surface area is 147 Å². The van der Waals surface area contributed by atoms with E-state index in [1.54, 1.807) is 6.26 Å². The van der Waals surface area contributed by atoms with Crippen molar-refractivity contribution in [1.29, 1.82) is 0 Å². The van der Waals surface area contributed by atoms with Gasteiger partial charge in [-0.2, -0.15) is 8.42 Å². The minimum Gasteiger partial charge on any atom is -0.394 e. The van der Waals surface area contributed by atoms with E-state index in [0.717, 1.165) is 11.8 Å². The topological polar surface area (TPSA) is 137 Å². The number of hydrogen-bond donors (Lipinski definition) is 4. The van der Waals surface area contributed by atoms with Crippen molar-refractivity contribution < 1.29 is 37.2 Å². The molecule has 0 radical (unpaired) electrons. The molecule has 146 valence electrons. The molecule has 0 amide bonds. The van der Waals surface area contributed by atoms with Gasteiger partial charge in [-0.05, 0) is 25.9 Å². The molecule has 4 N–H and O–H groups in total. The van der Waals surface area contributed by atoms with Gasteiger partial charge in [-0.25, -0.2) is 4.18 Å². The average Bonchev–Trinajstić information content (AvgIpc) is 2.53. The average molecular weight is 392 g/mol. The predicted octanol–water partition coefficient (Wildman–Crippen LogP) is -0.675. The van der Waals surface area contributed by atoms with Crippen LogP contribution >= 0.6 is 11.8 Å². The van der Waals surface area contributed by atoms with Crippen LogP contribution in [0.25, 0.3) is 0 Å². The van der Waals surface area contributed by atoms with Gasteiger partial charge >= 0.3 is 10.4 Å². The molecule has 5 atom stereocenters. The van der Waals surface area contributed by atoms with Gasteiger partial charge < -0.3 is 25.0 Å². The van der Waals surface area contributed by atoms with Gasteiger partial charge in [-0.1, -0.05) is 20.8 Å². The van der Waals surface area contributed by atoms with Crippen LogP contribution in [0.5, 0.6) is 0 Å². The zero-order valence-electron chi connectivity index (χ0n) is 14.4. The molecule has 0 unspecified atom stereocenters. The van der Waals surface area contributed by atoms with E-state index in [9.17, 15) is 18.6 Å². The Morgan fingerprint density at radius 1 is 1.12 bits per heavy atom. The molecule has 0 spiro atoms. The first-order chi connectivity index (χ1) is 11.1. The van der Waals surface area contributed by atoms with Crippen LogP contribution < -0.4 is 0 Å². The molecule has 1 heterocycles. The van der Waals surface area contributed by atoms with Gasteiger partial charge in [0, 0.05) is 0 Å². The largest absolute Gasteiger partial charge is 0.397 e. The maximum absolute atomic E-state index is 10.6. The third kappa shape index (κ3) is 7.93. The van der Waals surface area contributed by atoms with Crippen molar-refractivity contribution in [3.05, 3.63) is 0 Å². The van der Waals surface area contributed by atoms with E-state index in [4.69, 9.17) is 14.4 Å². The molecular weight excluding hydrogens is 362 g/mol. The molecule has 24 heavy (non-hydrogen) atoms. The Bertz CT molecular complexity index is 424. The molecule has 0 bridgehead atoms. The van der Waals surface area contributed by atoms with Crippen LogP contribution in [-0.2, 0) is 19.3 Å². The summed E-state index contributed by atoms with van der Waals surface area (Å²) in [6.45, 7) is 9.59. The van der Waals surface area contributed by atoms with Gasteiger partial charge in [0.2, 0.25) is 0 Å². The lowest BCUT2D eigenvalue weighted by Gasteiger charge is -2.40. The maximum Gasteiger partial charge on any atom is 0.397 e. The molecule has 0 aromatic carbocycles. The van der Waals surface area contributed by atoms with E-state index in [0.29, 0.717) is 0 Å². The van der Waals surface area contributed by atoms with Crippen molar-refractivity contribution in [3.8, 4) is 0 Å². The lowest BCUT2D eigenvalue weighted by atomic mass is 10.0. The zero-order chi connectivity index (χ0) is 18.9. The normalized spacial score (nSPS) is 30.8. The summed E-state index contributed by atoms with van der Waals surface area (Å²) in [5, 5.41) is 28.1. The highest BCUT2D eigenvalue weighted by Crippen LogP contribution is 2.29. The Morgan fingerprint density at radius 3 is 1.92 bits per heavy atom. The van der Waals surface area contributed by atoms with E-state index in [2.05, 4.69) is 29.9 Å². The first kappa shape index (κ1) is 24.0. The van der Waals surface area contributed by atoms with Crippen molar-refractivity contribution in [3.63, 3.8) is 0 Å². The Hall–Kier alpha value is 0.0200. The molecule has 11 heteroatoms. The van der Waals surface area contributed by atoms with Gasteiger partial charge in [-0.3, -0.25) is 4.55 Å². The summed E-state index contributed by atoms with van der Waals surface area (Å²) in [7, 11) is -4.77. The Balaban J connectivity index is 0.000000640. The molecule has 1 saturated heterocycles. The van der Waals surface area contributed by atoms with E-state index < -0.39 is 46.9 Å². The number of ether oxygens (including phenoxy) is 1. The highest BCUT2D eigenvalue weighted by atomic mass is 32.3. The van der Waals surface area contributed by atoms with Crippen molar-refractivity contribution in [2.75, 3.05) is 32.5 Å². The Morgan fingerprint density at radius 2 is 1.62 bits per heavy atom. The minimum absolute atomic E-state index is 0.534. The number of nitrogens with zero attached hydrogens (tertiary/aromatic N) is 1. The summed E-state index contributed by atoms with van der Waals surface area (Å²) in [6.07, 6.45) is -4.03. The van der Waals surface area contributed by atoms with Crippen LogP contribution in [0.15, 0.2) is 0 Å². The fraction of sp³-hybridized carbons (Fsp3) is 1.00. The molecule has 1 rings (SSSR count). The van der Waals surface area contributed by atoms with Crippen LogP contribution in [0.2, 0.25) is 0 Å². The van der Waals surface area contributed by atoms with Crippen LogP contribution in [0.3, 0.4) is 0 Å². The Kier molecular flexibility index (Phi) is 11.6. The second-order valence-electron chi connectivity index (χ2n) is 5.05. The van der Waals surface area contributed by atoms with Gasteiger partial charge in [0.15, 0.2) is 0 Å². The minimum atomic E-state index is -4.77. The molecular formula is C13H29NO8S2. The first-order valence-corrected chi connectivity index (χ1v) is 10.3. The summed E-state index contributed by atoms with van der Waals surface area (Å²) in [5.74, 6) is 0. The smallest absolute Gasteiger partial charge is 0.394 e. The summed E-state index contributed by atoms with van der Waals surface area (Å²) < 4.78 is 39.1. The quantitative estimate of drug-likeness (QED) is 0.413. The molecule has 1 fully saturated rings. The number of thioether (sulfide) groups is 1. The van der Waals surface area contributed by atoms with Gasteiger partial charge in [0.05, 0.1) is 6.61 Å². The zero-order valence-corrected chi connectivity index (χ0v) is 16.0.